The van der Waals surface area contributed by atoms with E-state index in [1.54, 1.807) is 0 Å². The van der Waals surface area contributed by atoms with Gasteiger partial charge in [0.05, 0.1) is 25.4 Å². The molecule has 2 rings (SSSR count). The second-order valence-electron chi connectivity index (χ2n) is 10.3. The lowest BCUT2D eigenvalue weighted by Crippen LogP contribution is -2.20. The van der Waals surface area contributed by atoms with E-state index in [1.165, 1.54) is 5.56 Å². The van der Waals surface area contributed by atoms with Crippen molar-refractivity contribution in [2.45, 2.75) is 71.5 Å². The van der Waals surface area contributed by atoms with Crippen LogP contribution in [0.1, 0.15) is 63.5 Å². The van der Waals surface area contributed by atoms with Crippen LogP contribution in [-0.4, -0.2) is 67.2 Å². The highest BCUT2D eigenvalue weighted by molar-refractivity contribution is 5.87. The molecule has 3 N–H and O–H groups in total. The number of carbonyl (C=O) groups excluding carboxylic acids is 1. The second kappa shape index (κ2) is 19.9. The molecule has 2 aromatic carbocycles. The molecule has 0 heterocycles. The molecule has 0 aliphatic heterocycles. The predicted molar refractivity (Wildman–Crippen MR) is 165 cm³/mol. The van der Waals surface area contributed by atoms with Gasteiger partial charge in [0.2, 0.25) is 0 Å². The highest BCUT2D eigenvalue weighted by Crippen LogP contribution is 2.31. The summed E-state index contributed by atoms with van der Waals surface area (Å²) in [6, 6.07) is 12.4. The first-order valence-corrected chi connectivity index (χ1v) is 14.9. The number of unbranched alkanes of at least 4 members (excludes halogenated alkanes) is 4. The van der Waals surface area contributed by atoms with Gasteiger partial charge in [-0.05, 0) is 72.2 Å². The average molecular weight is 585 g/mol. The zero-order chi connectivity index (χ0) is 30.7. The molecule has 232 valence electrons. The maximum absolute atomic E-state index is 11.8. The minimum absolute atomic E-state index is 0.00500. The van der Waals surface area contributed by atoms with Crippen LogP contribution in [0.4, 0.5) is 0 Å². The molecule has 0 saturated heterocycles. The zero-order valence-corrected chi connectivity index (χ0v) is 25.2. The van der Waals surface area contributed by atoms with Gasteiger partial charge in [-0.15, -0.1) is 0 Å². The number of aryl methyl sites for hydroxylation is 2. The summed E-state index contributed by atoms with van der Waals surface area (Å²) in [5.41, 5.74) is 4.53. The Hall–Kier alpha value is -3.17. The summed E-state index contributed by atoms with van der Waals surface area (Å²) < 4.78 is 22.4. The summed E-state index contributed by atoms with van der Waals surface area (Å²) in [5.74, 6) is 0.745. The van der Waals surface area contributed by atoms with Gasteiger partial charge in [0.25, 0.3) is 0 Å². The smallest absolute Gasteiger partial charge is 0.335 e. The fourth-order valence-corrected chi connectivity index (χ4v) is 4.24. The number of rotatable bonds is 22. The maximum Gasteiger partial charge on any atom is 0.335 e. The van der Waals surface area contributed by atoms with Crippen LogP contribution in [0, 0.1) is 0 Å². The summed E-state index contributed by atoms with van der Waals surface area (Å²) in [6.45, 7) is 11.2. The molecule has 0 bridgehead atoms. The normalized spacial score (nSPS) is 11.6. The van der Waals surface area contributed by atoms with Gasteiger partial charge in [-0.25, -0.2) is 4.79 Å². The Bertz CT molecular complexity index is 1130. The van der Waals surface area contributed by atoms with Crippen molar-refractivity contribution < 1.29 is 39.1 Å². The lowest BCUT2D eigenvalue weighted by Gasteiger charge is -2.16. The quantitative estimate of drug-likeness (QED) is 0.0543. The van der Waals surface area contributed by atoms with Crippen LogP contribution in [0.15, 0.2) is 60.7 Å². The van der Waals surface area contributed by atoms with Gasteiger partial charge < -0.3 is 34.3 Å². The van der Waals surface area contributed by atoms with E-state index in [4.69, 9.17) is 29.2 Å². The average Bonchev–Trinajstić information content (AvgIpc) is 3.00. The molecule has 0 radical (unpaired) electrons. The molecule has 0 spiro atoms. The first kappa shape index (κ1) is 35.0. The van der Waals surface area contributed by atoms with Gasteiger partial charge in [0, 0.05) is 5.57 Å². The van der Waals surface area contributed by atoms with Crippen LogP contribution in [0.2, 0.25) is 0 Å². The van der Waals surface area contributed by atoms with Crippen molar-refractivity contribution in [3.8, 4) is 22.6 Å². The fraction of sp³-hybridized carbons (Fsp3) is 0.500. The van der Waals surface area contributed by atoms with Gasteiger partial charge in [0.1, 0.15) is 31.3 Å². The Morgan fingerprint density at radius 3 is 1.74 bits per heavy atom. The highest BCUT2D eigenvalue weighted by atomic mass is 16.6. The number of esters is 1. The van der Waals surface area contributed by atoms with Crippen LogP contribution >= 0.6 is 0 Å². The van der Waals surface area contributed by atoms with E-state index in [2.05, 4.69) is 39.1 Å². The van der Waals surface area contributed by atoms with Crippen LogP contribution in [0.3, 0.4) is 0 Å². The van der Waals surface area contributed by atoms with Gasteiger partial charge >= 0.3 is 5.97 Å². The Balaban J connectivity index is 2.25. The van der Waals surface area contributed by atoms with E-state index in [1.807, 2.05) is 24.3 Å². The molecule has 42 heavy (non-hydrogen) atoms. The van der Waals surface area contributed by atoms with Crippen LogP contribution in [0.5, 0.6) is 11.5 Å². The minimum Gasteiger partial charge on any atom is -0.491 e. The van der Waals surface area contributed by atoms with Gasteiger partial charge in [-0.3, -0.25) is 0 Å². The Kier molecular flexibility index (Phi) is 16.6. The summed E-state index contributed by atoms with van der Waals surface area (Å²) in [6.07, 6.45) is 7.29. The Morgan fingerprint density at radius 1 is 0.738 bits per heavy atom. The number of benzene rings is 2. The van der Waals surface area contributed by atoms with Crippen molar-refractivity contribution in [3.05, 3.63) is 71.8 Å². The largest absolute Gasteiger partial charge is 0.491 e. The topological polar surface area (TPSA) is 115 Å². The molecular formula is C34H48O8. The van der Waals surface area contributed by atoms with Crippen molar-refractivity contribution in [2.75, 3.05) is 39.6 Å². The molecule has 0 saturated carbocycles. The third-order valence-electron chi connectivity index (χ3n) is 6.65. The van der Waals surface area contributed by atoms with Gasteiger partial charge in [-0.1, -0.05) is 64.8 Å². The molecule has 0 aromatic heterocycles. The molecule has 8 nitrogen and oxygen atoms in total. The molecule has 1 atom stereocenters. The highest BCUT2D eigenvalue weighted by Gasteiger charge is 2.12. The first-order valence-electron chi connectivity index (χ1n) is 14.9. The van der Waals surface area contributed by atoms with E-state index in [9.17, 15) is 9.90 Å². The van der Waals surface area contributed by atoms with Crippen molar-refractivity contribution in [3.63, 3.8) is 0 Å². The third kappa shape index (κ3) is 12.8. The summed E-state index contributed by atoms with van der Waals surface area (Å²) in [4.78, 5) is 11.8. The predicted octanol–water partition coefficient (Wildman–Crippen LogP) is 5.55. The van der Waals surface area contributed by atoms with Crippen molar-refractivity contribution in [2.24, 2.45) is 0 Å². The van der Waals surface area contributed by atoms with Crippen molar-refractivity contribution in [1.29, 1.82) is 0 Å². The molecular weight excluding hydrogens is 536 g/mol. The van der Waals surface area contributed by atoms with E-state index < -0.39 is 18.9 Å². The number of ether oxygens (including phenoxy) is 4. The van der Waals surface area contributed by atoms with Crippen molar-refractivity contribution >= 4 is 5.97 Å². The molecule has 2 aromatic rings. The van der Waals surface area contributed by atoms with Gasteiger partial charge in [0.15, 0.2) is 6.29 Å². The number of aliphatic hydroxyl groups excluding tert-OH is 3. The summed E-state index contributed by atoms with van der Waals surface area (Å²) in [7, 11) is 0. The number of hydrogen-bond donors (Lipinski definition) is 3. The first-order chi connectivity index (χ1) is 20.3. The molecule has 0 amide bonds. The monoisotopic (exact) mass is 584 g/mol. The molecule has 0 aliphatic rings. The van der Waals surface area contributed by atoms with E-state index in [-0.39, 0.29) is 44.2 Å². The second-order valence-corrected chi connectivity index (χ2v) is 10.3. The molecule has 1 unspecified atom stereocenters. The van der Waals surface area contributed by atoms with Crippen LogP contribution in [0.25, 0.3) is 11.1 Å². The Morgan fingerprint density at radius 2 is 1.26 bits per heavy atom. The maximum atomic E-state index is 11.8. The summed E-state index contributed by atoms with van der Waals surface area (Å²) >= 11 is 0. The van der Waals surface area contributed by atoms with Crippen LogP contribution < -0.4 is 9.47 Å². The number of carbonyl (C=O) groups is 1. The fourth-order valence-electron chi connectivity index (χ4n) is 4.24. The summed E-state index contributed by atoms with van der Waals surface area (Å²) in [5, 5.41) is 28.0. The van der Waals surface area contributed by atoms with Gasteiger partial charge in [-0.2, -0.15) is 0 Å². The zero-order valence-electron chi connectivity index (χ0n) is 25.2. The number of aliphatic hydroxyl groups is 3. The SMILES string of the molecule is C=C(CO)C(=O)OCCOc1cc(CCCCC)cc(-c2cc(CCCCC)cc(OCCOC(O)C(=C)CO)c2)c1. The number of hydrogen-bond acceptors (Lipinski definition) is 8. The van der Waals surface area contributed by atoms with E-state index >= 15 is 0 Å². The standard InChI is InChI=1S/C34H48O8/c1-5-7-9-11-27-17-29(21-31(19-27)39-13-15-41-33(37)25(3)23-35)30-18-28(12-10-8-6-2)20-32(22-30)40-14-16-42-34(38)26(4)24-36/h17-22,33,35-37H,3-16,23-24H2,1-2H3. The van der Waals surface area contributed by atoms with Crippen molar-refractivity contribution in [1.82, 2.24) is 0 Å². The molecule has 8 heteroatoms. The minimum atomic E-state index is -1.24. The molecule has 0 fully saturated rings. The third-order valence-corrected chi connectivity index (χ3v) is 6.65. The lowest BCUT2D eigenvalue weighted by molar-refractivity contribution is -0.140. The molecule has 0 aliphatic carbocycles. The van der Waals surface area contributed by atoms with E-state index in [0.717, 1.165) is 68.1 Å². The van der Waals surface area contributed by atoms with E-state index in [0.29, 0.717) is 11.5 Å². The van der Waals surface area contributed by atoms with Crippen LogP contribution in [-0.2, 0) is 27.1 Å². The lowest BCUT2D eigenvalue weighted by atomic mass is 9.96. The Labute approximate surface area is 250 Å².